The number of aryl methyl sites for hydroxylation is 1. The lowest BCUT2D eigenvalue weighted by Crippen LogP contribution is -2.29. The van der Waals surface area contributed by atoms with Gasteiger partial charge in [0.2, 0.25) is 0 Å². The van der Waals surface area contributed by atoms with Gasteiger partial charge in [-0.3, -0.25) is 14.5 Å². The number of aliphatic hydroxyl groups is 1. The van der Waals surface area contributed by atoms with Crippen LogP contribution in [0.2, 0.25) is 0 Å². The Labute approximate surface area is 188 Å². The first-order valence-electron chi connectivity index (χ1n) is 10.4. The van der Waals surface area contributed by atoms with Crippen LogP contribution in [0.4, 0.5) is 14.5 Å². The number of anilines is 1. The van der Waals surface area contributed by atoms with Crippen molar-refractivity contribution in [2.24, 2.45) is 0 Å². The zero-order chi connectivity index (χ0) is 23.7. The van der Waals surface area contributed by atoms with E-state index in [-0.39, 0.29) is 22.6 Å². The van der Waals surface area contributed by atoms with Crippen molar-refractivity contribution in [3.05, 3.63) is 88.9 Å². The van der Waals surface area contributed by atoms with Crippen LogP contribution in [-0.2, 0) is 9.59 Å². The van der Waals surface area contributed by atoms with Crippen molar-refractivity contribution in [2.75, 3.05) is 11.5 Å². The van der Waals surface area contributed by atoms with E-state index in [9.17, 15) is 23.5 Å². The molecule has 2 aromatic carbocycles. The number of furan rings is 1. The lowest BCUT2D eigenvalue weighted by molar-refractivity contribution is -0.132. The van der Waals surface area contributed by atoms with Crippen LogP contribution >= 0.6 is 0 Å². The van der Waals surface area contributed by atoms with Crippen molar-refractivity contribution in [3.8, 4) is 5.75 Å². The number of carbonyl (C=O) groups excluding carboxylic acids is 2. The predicted octanol–water partition coefficient (Wildman–Crippen LogP) is 5.28. The van der Waals surface area contributed by atoms with Crippen LogP contribution in [0.5, 0.6) is 5.75 Å². The average Bonchev–Trinajstić information content (AvgIpc) is 3.35. The number of amides is 1. The number of Topliss-reactive ketones (excluding diaryl/α,β-unsaturated/α-hetero) is 1. The number of hydrogen-bond acceptors (Lipinski definition) is 5. The highest BCUT2D eigenvalue weighted by atomic mass is 19.2. The minimum Gasteiger partial charge on any atom is -0.507 e. The molecular formula is C25H21F2NO5. The Morgan fingerprint density at radius 2 is 1.88 bits per heavy atom. The zero-order valence-electron chi connectivity index (χ0n) is 18.0. The number of nitrogens with zero attached hydrogens (tertiary/aromatic N) is 1. The molecular weight excluding hydrogens is 432 g/mol. The molecule has 1 unspecified atom stereocenters. The Balaban J connectivity index is 1.88. The first kappa shape index (κ1) is 22.3. The number of hydrogen-bond donors (Lipinski definition) is 1. The van der Waals surface area contributed by atoms with Crippen molar-refractivity contribution in [2.45, 2.75) is 26.3 Å². The second kappa shape index (κ2) is 8.90. The fourth-order valence-corrected chi connectivity index (χ4v) is 3.71. The summed E-state index contributed by atoms with van der Waals surface area (Å²) in [5.74, 6) is -3.49. The summed E-state index contributed by atoms with van der Waals surface area (Å²) in [5.41, 5.74) is -0.0129. The summed E-state index contributed by atoms with van der Waals surface area (Å²) in [6, 6.07) is 11.4. The van der Waals surface area contributed by atoms with Gasteiger partial charge in [0.05, 0.1) is 12.2 Å². The predicted molar refractivity (Wildman–Crippen MR) is 117 cm³/mol. The minimum absolute atomic E-state index is 0.0471. The van der Waals surface area contributed by atoms with Crippen LogP contribution in [0.1, 0.15) is 36.5 Å². The Hall–Kier alpha value is -3.94. The number of rotatable bonds is 6. The Kier molecular flexibility index (Phi) is 6.00. The fraction of sp³-hybridized carbons (Fsp3) is 0.200. The van der Waals surface area contributed by atoms with E-state index in [0.717, 1.165) is 23.5 Å². The molecule has 1 aliphatic rings. The molecule has 6 nitrogen and oxygen atoms in total. The average molecular weight is 453 g/mol. The SMILES string of the molecule is CCCOc1cccc(/C(O)=C2/C(=O)C(=O)N(c3ccc(F)c(F)c3)C2c2ccc(C)o2)c1. The Morgan fingerprint density at radius 3 is 2.55 bits per heavy atom. The van der Waals surface area contributed by atoms with Crippen molar-refractivity contribution in [1.82, 2.24) is 0 Å². The molecule has 1 aromatic heterocycles. The van der Waals surface area contributed by atoms with Gasteiger partial charge in [0.15, 0.2) is 11.6 Å². The van der Waals surface area contributed by atoms with Crippen LogP contribution in [0.25, 0.3) is 5.76 Å². The van der Waals surface area contributed by atoms with E-state index < -0.39 is 35.1 Å². The van der Waals surface area contributed by atoms with Crippen molar-refractivity contribution >= 4 is 23.1 Å². The van der Waals surface area contributed by atoms with Crippen LogP contribution in [-0.4, -0.2) is 23.4 Å². The van der Waals surface area contributed by atoms with Crippen molar-refractivity contribution in [3.63, 3.8) is 0 Å². The van der Waals surface area contributed by atoms with Gasteiger partial charge in [0, 0.05) is 17.3 Å². The van der Waals surface area contributed by atoms with E-state index >= 15 is 0 Å². The lowest BCUT2D eigenvalue weighted by atomic mass is 9.99. The van der Waals surface area contributed by atoms with Gasteiger partial charge >= 0.3 is 0 Å². The summed E-state index contributed by atoms with van der Waals surface area (Å²) in [7, 11) is 0. The minimum atomic E-state index is -1.18. The topological polar surface area (TPSA) is 80.0 Å². The fourth-order valence-electron chi connectivity index (χ4n) is 3.71. The molecule has 170 valence electrons. The standard InChI is InChI=1S/C25H21F2NO5/c1-3-11-32-17-6-4-5-15(12-17)23(29)21-22(20-10-7-14(2)33-20)28(25(31)24(21)30)16-8-9-18(26)19(27)13-16/h4-10,12-13,22,29H,3,11H2,1-2H3/b23-21-. The lowest BCUT2D eigenvalue weighted by Gasteiger charge is -2.23. The summed E-state index contributed by atoms with van der Waals surface area (Å²) in [6.07, 6.45) is 0.785. The largest absolute Gasteiger partial charge is 0.507 e. The third kappa shape index (κ3) is 4.11. The third-order valence-corrected chi connectivity index (χ3v) is 5.24. The van der Waals surface area contributed by atoms with Crippen LogP contribution in [0.3, 0.4) is 0 Å². The maximum atomic E-state index is 14.0. The second-order valence-electron chi connectivity index (χ2n) is 7.59. The van der Waals surface area contributed by atoms with E-state index in [1.165, 1.54) is 6.07 Å². The van der Waals surface area contributed by atoms with E-state index in [1.807, 2.05) is 6.92 Å². The Bertz CT molecular complexity index is 1260. The molecule has 3 aromatic rings. The quantitative estimate of drug-likeness (QED) is 0.312. The highest BCUT2D eigenvalue weighted by molar-refractivity contribution is 6.51. The van der Waals surface area contributed by atoms with Crippen molar-refractivity contribution in [1.29, 1.82) is 0 Å². The van der Waals surface area contributed by atoms with E-state index in [0.29, 0.717) is 18.1 Å². The van der Waals surface area contributed by atoms with Gasteiger partial charge < -0.3 is 14.3 Å². The molecule has 1 fully saturated rings. The first-order chi connectivity index (χ1) is 15.8. The van der Waals surface area contributed by atoms with Gasteiger partial charge in [0.1, 0.15) is 29.1 Å². The first-order valence-corrected chi connectivity index (χ1v) is 10.4. The van der Waals surface area contributed by atoms with Crippen molar-refractivity contribution < 1.29 is 32.6 Å². The van der Waals surface area contributed by atoms with E-state index in [4.69, 9.17) is 9.15 Å². The summed E-state index contributed by atoms with van der Waals surface area (Å²) in [4.78, 5) is 27.0. The summed E-state index contributed by atoms with van der Waals surface area (Å²) < 4.78 is 38.7. The number of ether oxygens (including phenoxy) is 1. The summed E-state index contributed by atoms with van der Waals surface area (Å²) in [5, 5.41) is 11.1. The van der Waals surface area contributed by atoms with E-state index in [1.54, 1.807) is 43.3 Å². The van der Waals surface area contributed by atoms with E-state index in [2.05, 4.69) is 0 Å². The molecule has 0 aliphatic carbocycles. The molecule has 1 aliphatic heterocycles. The monoisotopic (exact) mass is 453 g/mol. The number of ketones is 1. The maximum Gasteiger partial charge on any atom is 0.300 e. The molecule has 1 amide bonds. The Morgan fingerprint density at radius 1 is 1.09 bits per heavy atom. The normalized spacial score (nSPS) is 17.6. The summed E-state index contributed by atoms with van der Waals surface area (Å²) >= 11 is 0. The highest BCUT2D eigenvalue weighted by Crippen LogP contribution is 2.43. The van der Waals surface area contributed by atoms with Crippen LogP contribution in [0.15, 0.2) is 64.6 Å². The molecule has 0 saturated carbocycles. The highest BCUT2D eigenvalue weighted by Gasteiger charge is 2.48. The molecule has 4 rings (SSSR count). The number of carbonyl (C=O) groups is 2. The molecule has 1 N–H and O–H groups in total. The molecule has 2 heterocycles. The number of aliphatic hydroxyl groups excluding tert-OH is 1. The third-order valence-electron chi connectivity index (χ3n) is 5.24. The molecule has 1 saturated heterocycles. The molecule has 0 radical (unpaired) electrons. The van der Waals surface area contributed by atoms with Gasteiger partial charge in [-0.15, -0.1) is 0 Å². The van der Waals surface area contributed by atoms with Crippen LogP contribution in [0, 0.1) is 18.6 Å². The van der Waals surface area contributed by atoms with Gasteiger partial charge in [0.25, 0.3) is 11.7 Å². The van der Waals surface area contributed by atoms with Gasteiger partial charge in [-0.2, -0.15) is 0 Å². The van der Waals surface area contributed by atoms with Gasteiger partial charge in [-0.05, 0) is 49.7 Å². The molecule has 0 spiro atoms. The molecule has 1 atom stereocenters. The zero-order valence-corrected chi connectivity index (χ0v) is 18.0. The smallest absolute Gasteiger partial charge is 0.300 e. The van der Waals surface area contributed by atoms with Gasteiger partial charge in [-0.25, -0.2) is 8.78 Å². The number of halogens is 2. The molecule has 8 heteroatoms. The summed E-state index contributed by atoms with van der Waals surface area (Å²) in [6.45, 7) is 4.10. The number of benzene rings is 2. The maximum absolute atomic E-state index is 14.0. The van der Waals surface area contributed by atoms with Gasteiger partial charge in [-0.1, -0.05) is 19.1 Å². The van der Waals surface area contributed by atoms with Crippen LogP contribution < -0.4 is 9.64 Å². The second-order valence-corrected chi connectivity index (χ2v) is 7.59. The molecule has 0 bridgehead atoms. The molecule has 33 heavy (non-hydrogen) atoms.